The summed E-state index contributed by atoms with van der Waals surface area (Å²) in [7, 11) is -3.94. The Morgan fingerprint density at radius 1 is 1.44 bits per heavy atom. The lowest BCUT2D eigenvalue weighted by atomic mass is 10.1. The number of methoxy groups -OCH3 is 1. The second-order valence-electron chi connectivity index (χ2n) is 3.28. The molecule has 0 aromatic heterocycles. The molecule has 18 heavy (non-hydrogen) atoms. The molecular formula is C10H10ClFO5S. The van der Waals surface area contributed by atoms with Crippen LogP contribution in [0.25, 0.3) is 0 Å². The third-order valence-corrected chi connectivity index (χ3v) is 2.72. The number of hydrogen-bond acceptors (Lipinski definition) is 5. The zero-order valence-corrected chi connectivity index (χ0v) is 10.9. The van der Waals surface area contributed by atoms with Crippen LogP contribution < -0.4 is 4.18 Å². The summed E-state index contributed by atoms with van der Waals surface area (Å²) in [5.74, 6) is -0.797. The molecule has 0 bridgehead atoms. The zero-order chi connectivity index (χ0) is 13.8. The summed E-state index contributed by atoms with van der Waals surface area (Å²) >= 11 is 5.71. The van der Waals surface area contributed by atoms with Crippen LogP contribution in [0.4, 0.5) is 3.89 Å². The lowest BCUT2D eigenvalue weighted by Crippen LogP contribution is -2.06. The molecule has 0 fully saturated rings. The number of ether oxygens (including phenoxy) is 1. The van der Waals surface area contributed by atoms with Gasteiger partial charge in [-0.3, -0.25) is 4.79 Å². The molecule has 0 aliphatic heterocycles. The van der Waals surface area contributed by atoms with Gasteiger partial charge in [0.05, 0.1) is 12.1 Å². The van der Waals surface area contributed by atoms with Crippen LogP contribution in [0.1, 0.15) is 12.0 Å². The number of para-hydroxylation sites is 1. The van der Waals surface area contributed by atoms with E-state index in [9.17, 15) is 17.1 Å². The van der Waals surface area contributed by atoms with E-state index in [1.54, 1.807) is 0 Å². The van der Waals surface area contributed by atoms with Gasteiger partial charge in [-0.1, -0.05) is 27.6 Å². The number of carbonyl (C=O) groups is 1. The molecule has 5 nitrogen and oxygen atoms in total. The van der Waals surface area contributed by atoms with Crippen LogP contribution in [-0.2, 0) is 26.5 Å². The lowest BCUT2D eigenvalue weighted by molar-refractivity contribution is -0.140. The Hall–Kier alpha value is -1.34. The Balaban J connectivity index is 2.97. The fourth-order valence-electron chi connectivity index (χ4n) is 1.28. The molecule has 0 atom stereocenters. The molecule has 1 rings (SSSR count). The van der Waals surface area contributed by atoms with Gasteiger partial charge in [-0.2, -0.15) is 8.42 Å². The fraction of sp³-hybridized carbons (Fsp3) is 0.300. The molecule has 0 heterocycles. The largest absolute Gasteiger partial charge is 0.488 e. The Labute approximate surface area is 109 Å². The zero-order valence-electron chi connectivity index (χ0n) is 9.35. The van der Waals surface area contributed by atoms with Gasteiger partial charge in [-0.05, 0) is 18.1 Å². The first-order chi connectivity index (χ1) is 8.33. The van der Waals surface area contributed by atoms with Crippen LogP contribution in [0.5, 0.6) is 5.75 Å². The van der Waals surface area contributed by atoms with E-state index in [0.717, 1.165) is 0 Å². The van der Waals surface area contributed by atoms with Crippen molar-refractivity contribution in [2.75, 3.05) is 7.11 Å². The molecule has 8 heteroatoms. The first-order valence-electron chi connectivity index (χ1n) is 4.82. The molecule has 0 spiro atoms. The number of benzene rings is 1. The van der Waals surface area contributed by atoms with Gasteiger partial charge in [0, 0.05) is 6.42 Å². The molecule has 0 saturated carbocycles. The first kappa shape index (κ1) is 14.7. The fourth-order valence-corrected chi connectivity index (χ4v) is 1.96. The minimum atomic E-state index is -5.17. The molecule has 0 aliphatic carbocycles. The highest BCUT2D eigenvalue weighted by molar-refractivity contribution is 7.81. The average molecular weight is 297 g/mol. The van der Waals surface area contributed by atoms with Crippen molar-refractivity contribution >= 4 is 28.1 Å². The summed E-state index contributed by atoms with van der Waals surface area (Å²) in [5, 5.41) is -0.0569. The molecular weight excluding hydrogens is 287 g/mol. The van der Waals surface area contributed by atoms with Gasteiger partial charge < -0.3 is 8.92 Å². The minimum absolute atomic E-state index is 0.000461. The molecule has 0 saturated heterocycles. The summed E-state index contributed by atoms with van der Waals surface area (Å²) < 4.78 is 42.0. The number of rotatable bonds is 5. The Kier molecular flexibility index (Phi) is 4.92. The third kappa shape index (κ3) is 4.50. The van der Waals surface area contributed by atoms with Crippen LogP contribution >= 0.6 is 11.6 Å². The number of hydrogen-bond donors (Lipinski definition) is 0. The molecule has 0 amide bonds. The van der Waals surface area contributed by atoms with E-state index >= 15 is 0 Å². The maximum Gasteiger partial charge on any atom is 0.488 e. The monoisotopic (exact) mass is 296 g/mol. The number of aryl methyl sites for hydroxylation is 1. The van der Waals surface area contributed by atoms with Crippen LogP contribution in [0, 0.1) is 0 Å². The van der Waals surface area contributed by atoms with E-state index in [4.69, 9.17) is 11.6 Å². The highest BCUT2D eigenvalue weighted by Gasteiger charge is 2.17. The van der Waals surface area contributed by atoms with Crippen molar-refractivity contribution in [3.63, 3.8) is 0 Å². The van der Waals surface area contributed by atoms with Crippen LogP contribution in [0.2, 0.25) is 5.02 Å². The smallest absolute Gasteiger partial charge is 0.469 e. The number of carbonyl (C=O) groups excluding carboxylic acids is 1. The minimum Gasteiger partial charge on any atom is -0.469 e. The van der Waals surface area contributed by atoms with Crippen molar-refractivity contribution in [1.82, 2.24) is 0 Å². The Bertz CT molecular complexity index is 543. The van der Waals surface area contributed by atoms with Crippen molar-refractivity contribution in [3.8, 4) is 5.75 Å². The molecule has 0 N–H and O–H groups in total. The van der Waals surface area contributed by atoms with Crippen molar-refractivity contribution in [2.45, 2.75) is 12.8 Å². The lowest BCUT2D eigenvalue weighted by Gasteiger charge is -2.09. The highest BCUT2D eigenvalue weighted by Crippen LogP contribution is 2.31. The van der Waals surface area contributed by atoms with Gasteiger partial charge in [0.1, 0.15) is 0 Å². The molecule has 1 aromatic rings. The van der Waals surface area contributed by atoms with Gasteiger partial charge in [0.15, 0.2) is 5.75 Å². The maximum atomic E-state index is 12.5. The van der Waals surface area contributed by atoms with Crippen molar-refractivity contribution < 1.29 is 26.0 Å². The predicted molar refractivity (Wildman–Crippen MR) is 62.4 cm³/mol. The Morgan fingerprint density at radius 2 is 2.11 bits per heavy atom. The molecule has 0 unspecified atom stereocenters. The second-order valence-corrected chi connectivity index (χ2v) is 4.64. The SMILES string of the molecule is COC(=O)CCc1cccc(Cl)c1OS(=O)(=O)F. The third-order valence-electron chi connectivity index (χ3n) is 2.06. The van der Waals surface area contributed by atoms with Crippen LogP contribution in [0.3, 0.4) is 0 Å². The van der Waals surface area contributed by atoms with E-state index in [-0.39, 0.29) is 23.6 Å². The predicted octanol–water partition coefficient (Wildman–Crippen LogP) is 2.04. The first-order valence-corrected chi connectivity index (χ1v) is 6.50. The summed E-state index contributed by atoms with van der Waals surface area (Å²) in [4.78, 5) is 11.0. The number of esters is 1. The van der Waals surface area contributed by atoms with Crippen molar-refractivity contribution in [2.24, 2.45) is 0 Å². The standard InChI is InChI=1S/C10H10ClFO5S/c1-16-9(13)6-5-7-3-2-4-8(11)10(7)17-18(12,14)15/h2-4H,5-6H2,1H3. The van der Waals surface area contributed by atoms with E-state index in [2.05, 4.69) is 8.92 Å². The summed E-state index contributed by atoms with van der Waals surface area (Å²) in [6.07, 6.45) is 0.123. The Morgan fingerprint density at radius 3 is 2.67 bits per heavy atom. The molecule has 0 radical (unpaired) electrons. The molecule has 1 aromatic carbocycles. The van der Waals surface area contributed by atoms with E-state index in [1.165, 1.54) is 25.3 Å². The van der Waals surface area contributed by atoms with Gasteiger partial charge in [0.25, 0.3) is 0 Å². The second kappa shape index (κ2) is 6.01. The summed E-state index contributed by atoms with van der Waals surface area (Å²) in [6.45, 7) is 0. The molecule has 0 aliphatic rings. The quantitative estimate of drug-likeness (QED) is 0.614. The van der Waals surface area contributed by atoms with E-state index in [0.29, 0.717) is 5.56 Å². The van der Waals surface area contributed by atoms with E-state index < -0.39 is 16.5 Å². The van der Waals surface area contributed by atoms with Gasteiger partial charge >= 0.3 is 16.5 Å². The van der Waals surface area contributed by atoms with Gasteiger partial charge in [-0.15, -0.1) is 0 Å². The van der Waals surface area contributed by atoms with Gasteiger partial charge in [-0.25, -0.2) is 0 Å². The highest BCUT2D eigenvalue weighted by atomic mass is 35.5. The summed E-state index contributed by atoms with van der Waals surface area (Å²) in [6, 6.07) is 4.37. The molecule has 100 valence electrons. The maximum absolute atomic E-state index is 12.5. The normalized spacial score (nSPS) is 11.1. The van der Waals surface area contributed by atoms with Crippen LogP contribution in [-0.4, -0.2) is 21.5 Å². The van der Waals surface area contributed by atoms with Crippen molar-refractivity contribution in [1.29, 1.82) is 0 Å². The van der Waals surface area contributed by atoms with Crippen molar-refractivity contribution in [3.05, 3.63) is 28.8 Å². The topological polar surface area (TPSA) is 69.7 Å². The summed E-state index contributed by atoms with van der Waals surface area (Å²) in [5.41, 5.74) is 0.300. The van der Waals surface area contributed by atoms with Gasteiger partial charge in [0.2, 0.25) is 0 Å². The average Bonchev–Trinajstić information content (AvgIpc) is 2.28. The van der Waals surface area contributed by atoms with E-state index in [1.807, 2.05) is 0 Å². The number of halogens is 2. The van der Waals surface area contributed by atoms with Crippen LogP contribution in [0.15, 0.2) is 18.2 Å².